The summed E-state index contributed by atoms with van der Waals surface area (Å²) in [5.41, 5.74) is 1.21. The van der Waals surface area contributed by atoms with Crippen LogP contribution in [0, 0.1) is 5.92 Å². The molecule has 0 fully saturated rings. The lowest BCUT2D eigenvalue weighted by atomic mass is 10.1. The molecule has 1 aromatic carbocycles. The van der Waals surface area contributed by atoms with E-state index in [9.17, 15) is 0 Å². The molecule has 1 N–H and O–H groups in total. The highest BCUT2D eigenvalue weighted by atomic mass is 16.5. The van der Waals surface area contributed by atoms with Crippen molar-refractivity contribution in [3.05, 3.63) is 42.5 Å². The second-order valence-electron chi connectivity index (χ2n) is 4.90. The van der Waals surface area contributed by atoms with Gasteiger partial charge in [-0.15, -0.1) is 6.58 Å². The fourth-order valence-electron chi connectivity index (χ4n) is 1.74. The van der Waals surface area contributed by atoms with Gasteiger partial charge in [-0.1, -0.05) is 38.1 Å². The van der Waals surface area contributed by atoms with Crippen molar-refractivity contribution in [1.29, 1.82) is 0 Å². The predicted molar refractivity (Wildman–Crippen MR) is 78.2 cm³/mol. The van der Waals surface area contributed by atoms with Crippen LogP contribution in [0.3, 0.4) is 0 Å². The molecule has 2 heteroatoms. The maximum atomic E-state index is 5.81. The maximum absolute atomic E-state index is 5.81. The van der Waals surface area contributed by atoms with Crippen LogP contribution in [0.25, 0.3) is 0 Å². The lowest BCUT2D eigenvalue weighted by molar-refractivity contribution is 0.304. The van der Waals surface area contributed by atoms with Gasteiger partial charge in [0.25, 0.3) is 0 Å². The second kappa shape index (κ2) is 8.76. The third kappa shape index (κ3) is 5.87. The predicted octanol–water partition coefficient (Wildman–Crippen LogP) is 3.43. The van der Waals surface area contributed by atoms with Crippen molar-refractivity contribution in [3.63, 3.8) is 0 Å². The van der Waals surface area contributed by atoms with Gasteiger partial charge in [0.2, 0.25) is 0 Å². The Bertz CT molecular complexity index is 347. The summed E-state index contributed by atoms with van der Waals surface area (Å²) >= 11 is 0. The summed E-state index contributed by atoms with van der Waals surface area (Å²) in [5, 5.41) is 3.41. The number of hydrogen-bond donors (Lipinski definition) is 1. The number of benzene rings is 1. The quantitative estimate of drug-likeness (QED) is 0.533. The van der Waals surface area contributed by atoms with E-state index in [0.717, 1.165) is 38.3 Å². The van der Waals surface area contributed by atoms with Crippen LogP contribution < -0.4 is 10.1 Å². The minimum atomic E-state index is 0.708. The van der Waals surface area contributed by atoms with Gasteiger partial charge >= 0.3 is 0 Å². The molecule has 0 atom stereocenters. The molecule has 0 aliphatic rings. The van der Waals surface area contributed by atoms with Gasteiger partial charge in [-0.2, -0.15) is 0 Å². The molecule has 2 nitrogen and oxygen atoms in total. The van der Waals surface area contributed by atoms with Gasteiger partial charge in [-0.05, 0) is 43.5 Å². The smallest absolute Gasteiger partial charge is 0.122 e. The molecule has 0 bridgehead atoms. The molecular formula is C16H25NO. The van der Waals surface area contributed by atoms with Crippen LogP contribution in [0.4, 0.5) is 0 Å². The molecular weight excluding hydrogens is 222 g/mol. The fourth-order valence-corrected chi connectivity index (χ4v) is 1.74. The number of ether oxygens (including phenoxy) is 1. The maximum Gasteiger partial charge on any atom is 0.122 e. The first-order valence-electron chi connectivity index (χ1n) is 6.76. The van der Waals surface area contributed by atoms with Crippen LogP contribution in [0.1, 0.15) is 25.8 Å². The van der Waals surface area contributed by atoms with E-state index in [1.807, 2.05) is 24.3 Å². The first kappa shape index (κ1) is 14.8. The summed E-state index contributed by atoms with van der Waals surface area (Å²) < 4.78 is 5.81. The molecule has 0 aliphatic carbocycles. The zero-order valence-corrected chi connectivity index (χ0v) is 11.6. The van der Waals surface area contributed by atoms with E-state index in [-0.39, 0.29) is 0 Å². The van der Waals surface area contributed by atoms with Crippen LogP contribution >= 0.6 is 0 Å². The van der Waals surface area contributed by atoms with E-state index in [1.165, 1.54) is 5.56 Å². The molecule has 100 valence electrons. The Balaban J connectivity index is 2.24. The lowest BCUT2D eigenvalue weighted by Crippen LogP contribution is -2.22. The third-order valence-corrected chi connectivity index (χ3v) is 2.64. The molecule has 0 saturated heterocycles. The van der Waals surface area contributed by atoms with E-state index in [4.69, 9.17) is 4.74 Å². The van der Waals surface area contributed by atoms with E-state index in [0.29, 0.717) is 5.92 Å². The molecule has 0 spiro atoms. The van der Waals surface area contributed by atoms with Crippen molar-refractivity contribution in [1.82, 2.24) is 5.32 Å². The largest absolute Gasteiger partial charge is 0.493 e. The summed E-state index contributed by atoms with van der Waals surface area (Å²) in [6.07, 6.45) is 3.81. The molecule has 0 saturated carbocycles. The Morgan fingerprint density at radius 1 is 1.33 bits per heavy atom. The SMILES string of the molecule is C=CCc1ccccc1OCCCNCC(C)C. The van der Waals surface area contributed by atoms with Gasteiger partial charge < -0.3 is 10.1 Å². The number of nitrogens with one attached hydrogen (secondary N) is 1. The van der Waals surface area contributed by atoms with Crippen molar-refractivity contribution in [3.8, 4) is 5.75 Å². The molecule has 0 heterocycles. The molecule has 0 aliphatic heterocycles. The van der Waals surface area contributed by atoms with Crippen molar-refractivity contribution < 1.29 is 4.74 Å². The van der Waals surface area contributed by atoms with Crippen molar-refractivity contribution >= 4 is 0 Å². The van der Waals surface area contributed by atoms with Crippen LogP contribution in [0.15, 0.2) is 36.9 Å². The first-order chi connectivity index (χ1) is 8.74. The van der Waals surface area contributed by atoms with Gasteiger partial charge in [0, 0.05) is 0 Å². The zero-order valence-electron chi connectivity index (χ0n) is 11.6. The van der Waals surface area contributed by atoms with Gasteiger partial charge in [-0.3, -0.25) is 0 Å². The Kier molecular flexibility index (Phi) is 7.19. The molecule has 0 unspecified atom stereocenters. The Morgan fingerprint density at radius 3 is 2.83 bits per heavy atom. The Hall–Kier alpha value is -1.28. The van der Waals surface area contributed by atoms with Crippen molar-refractivity contribution in [2.45, 2.75) is 26.7 Å². The highest BCUT2D eigenvalue weighted by molar-refractivity contribution is 5.34. The van der Waals surface area contributed by atoms with Gasteiger partial charge in [-0.25, -0.2) is 0 Å². The third-order valence-electron chi connectivity index (χ3n) is 2.64. The van der Waals surface area contributed by atoms with Crippen LogP contribution in [0.2, 0.25) is 0 Å². The monoisotopic (exact) mass is 247 g/mol. The summed E-state index contributed by atoms with van der Waals surface area (Å²) in [6.45, 7) is 11.1. The van der Waals surface area contributed by atoms with Gasteiger partial charge in [0.15, 0.2) is 0 Å². The number of allylic oxidation sites excluding steroid dienone is 1. The second-order valence-corrected chi connectivity index (χ2v) is 4.90. The van der Waals surface area contributed by atoms with E-state index >= 15 is 0 Å². The Labute approximate surface area is 111 Å². The zero-order chi connectivity index (χ0) is 13.2. The molecule has 0 aromatic heterocycles. The summed E-state index contributed by atoms with van der Waals surface area (Å²) in [6, 6.07) is 8.17. The number of rotatable bonds is 9. The molecule has 1 aromatic rings. The normalized spacial score (nSPS) is 10.6. The lowest BCUT2D eigenvalue weighted by Gasteiger charge is -2.11. The van der Waals surface area contributed by atoms with Gasteiger partial charge in [0.05, 0.1) is 6.61 Å². The summed E-state index contributed by atoms with van der Waals surface area (Å²) in [7, 11) is 0. The van der Waals surface area contributed by atoms with Crippen molar-refractivity contribution in [2.24, 2.45) is 5.92 Å². The minimum absolute atomic E-state index is 0.708. The highest BCUT2D eigenvalue weighted by Crippen LogP contribution is 2.18. The average molecular weight is 247 g/mol. The van der Waals surface area contributed by atoms with Crippen LogP contribution in [-0.2, 0) is 6.42 Å². The topological polar surface area (TPSA) is 21.3 Å². The van der Waals surface area contributed by atoms with Gasteiger partial charge in [0.1, 0.15) is 5.75 Å². The molecule has 1 rings (SSSR count). The Morgan fingerprint density at radius 2 is 2.11 bits per heavy atom. The minimum Gasteiger partial charge on any atom is -0.493 e. The molecule has 0 amide bonds. The fraction of sp³-hybridized carbons (Fsp3) is 0.500. The highest BCUT2D eigenvalue weighted by Gasteiger charge is 2.00. The average Bonchev–Trinajstić information content (AvgIpc) is 2.35. The van der Waals surface area contributed by atoms with Crippen LogP contribution in [0.5, 0.6) is 5.75 Å². The number of hydrogen-bond acceptors (Lipinski definition) is 2. The molecule has 0 radical (unpaired) electrons. The summed E-state index contributed by atoms with van der Waals surface area (Å²) in [4.78, 5) is 0. The van der Waals surface area contributed by atoms with E-state index in [2.05, 4.69) is 31.8 Å². The van der Waals surface area contributed by atoms with E-state index in [1.54, 1.807) is 0 Å². The summed E-state index contributed by atoms with van der Waals surface area (Å²) in [5.74, 6) is 1.69. The van der Waals surface area contributed by atoms with Crippen LogP contribution in [-0.4, -0.2) is 19.7 Å². The van der Waals surface area contributed by atoms with E-state index < -0.39 is 0 Å². The number of para-hydroxylation sites is 1. The standard InChI is InChI=1S/C16H25NO/c1-4-8-15-9-5-6-10-16(15)18-12-7-11-17-13-14(2)3/h4-6,9-10,14,17H,1,7-8,11-13H2,2-3H3. The first-order valence-corrected chi connectivity index (χ1v) is 6.76. The van der Waals surface area contributed by atoms with Crippen molar-refractivity contribution in [2.75, 3.05) is 19.7 Å². The molecule has 18 heavy (non-hydrogen) atoms.